The number of fused-ring (bicyclic) bond motifs is 1. The van der Waals surface area contributed by atoms with E-state index in [0.717, 1.165) is 48.7 Å². The summed E-state index contributed by atoms with van der Waals surface area (Å²) in [5, 5.41) is 12.4. The summed E-state index contributed by atoms with van der Waals surface area (Å²) >= 11 is 0. The SMILES string of the molecule is CCN(Cc1ccc(OC)cc1)C(=O)C1CCN(c2ccc3nncn3n2)CC1. The zero-order chi connectivity index (χ0) is 20.2. The Morgan fingerprint density at radius 2 is 1.93 bits per heavy atom. The summed E-state index contributed by atoms with van der Waals surface area (Å²) in [7, 11) is 1.66. The van der Waals surface area contributed by atoms with Gasteiger partial charge in [-0.2, -0.15) is 4.52 Å². The maximum Gasteiger partial charge on any atom is 0.226 e. The molecule has 1 aliphatic heterocycles. The van der Waals surface area contributed by atoms with E-state index in [1.54, 1.807) is 18.0 Å². The lowest BCUT2D eigenvalue weighted by Gasteiger charge is -2.34. The Balaban J connectivity index is 1.36. The second kappa shape index (κ2) is 8.46. The van der Waals surface area contributed by atoms with Gasteiger partial charge >= 0.3 is 0 Å². The number of aromatic nitrogens is 4. The zero-order valence-corrected chi connectivity index (χ0v) is 16.9. The smallest absolute Gasteiger partial charge is 0.226 e. The third kappa shape index (κ3) is 4.16. The largest absolute Gasteiger partial charge is 0.497 e. The number of carbonyl (C=O) groups excluding carboxylic acids is 1. The van der Waals surface area contributed by atoms with Gasteiger partial charge in [-0.3, -0.25) is 4.79 Å². The summed E-state index contributed by atoms with van der Waals surface area (Å²) in [5.41, 5.74) is 1.85. The van der Waals surface area contributed by atoms with Crippen LogP contribution < -0.4 is 9.64 Å². The van der Waals surface area contributed by atoms with Crippen LogP contribution in [0.2, 0.25) is 0 Å². The molecule has 152 valence electrons. The number of hydrogen-bond acceptors (Lipinski definition) is 6. The molecule has 0 radical (unpaired) electrons. The maximum absolute atomic E-state index is 13.1. The average Bonchev–Trinajstić information content (AvgIpc) is 3.25. The van der Waals surface area contributed by atoms with Gasteiger partial charge in [-0.1, -0.05) is 12.1 Å². The van der Waals surface area contributed by atoms with E-state index in [2.05, 4.69) is 20.2 Å². The van der Waals surface area contributed by atoms with Crippen LogP contribution in [0.3, 0.4) is 0 Å². The Morgan fingerprint density at radius 3 is 2.62 bits per heavy atom. The number of amides is 1. The highest BCUT2D eigenvalue weighted by atomic mass is 16.5. The van der Waals surface area contributed by atoms with Gasteiger partial charge in [-0.05, 0) is 49.6 Å². The number of piperidine rings is 1. The number of benzene rings is 1. The molecule has 29 heavy (non-hydrogen) atoms. The number of ether oxygens (including phenoxy) is 1. The van der Waals surface area contributed by atoms with Crippen LogP contribution >= 0.6 is 0 Å². The molecule has 0 saturated carbocycles. The van der Waals surface area contributed by atoms with Gasteiger partial charge in [0, 0.05) is 32.1 Å². The van der Waals surface area contributed by atoms with Crippen molar-refractivity contribution in [3.63, 3.8) is 0 Å². The minimum absolute atomic E-state index is 0.0584. The van der Waals surface area contributed by atoms with Gasteiger partial charge in [0.2, 0.25) is 5.91 Å². The molecule has 1 fully saturated rings. The van der Waals surface area contributed by atoms with E-state index in [1.165, 1.54) is 0 Å². The number of methoxy groups -OCH3 is 1. The Bertz CT molecular complexity index is 963. The molecule has 3 aromatic rings. The molecule has 0 spiro atoms. The molecule has 4 rings (SSSR count). The molecule has 0 atom stereocenters. The first-order valence-corrected chi connectivity index (χ1v) is 10.0. The minimum atomic E-state index is 0.0584. The molecule has 8 heteroatoms. The highest BCUT2D eigenvalue weighted by molar-refractivity contribution is 5.79. The highest BCUT2D eigenvalue weighted by Gasteiger charge is 2.28. The first-order chi connectivity index (χ1) is 14.2. The second-order valence-corrected chi connectivity index (χ2v) is 7.29. The van der Waals surface area contributed by atoms with Gasteiger partial charge in [-0.25, -0.2) is 0 Å². The van der Waals surface area contributed by atoms with E-state index in [-0.39, 0.29) is 11.8 Å². The maximum atomic E-state index is 13.1. The van der Waals surface area contributed by atoms with Crippen LogP contribution in [-0.2, 0) is 11.3 Å². The van der Waals surface area contributed by atoms with Crippen molar-refractivity contribution < 1.29 is 9.53 Å². The summed E-state index contributed by atoms with van der Waals surface area (Å²) in [6.07, 6.45) is 3.27. The number of anilines is 1. The lowest BCUT2D eigenvalue weighted by molar-refractivity contribution is -0.136. The monoisotopic (exact) mass is 394 g/mol. The molecule has 8 nitrogen and oxygen atoms in total. The topological polar surface area (TPSA) is 75.9 Å². The van der Waals surface area contributed by atoms with Crippen molar-refractivity contribution >= 4 is 17.4 Å². The fraction of sp³-hybridized carbons (Fsp3) is 0.429. The molecule has 0 aliphatic carbocycles. The van der Waals surface area contributed by atoms with Gasteiger partial charge in [0.05, 0.1) is 7.11 Å². The first-order valence-electron chi connectivity index (χ1n) is 10.0. The lowest BCUT2D eigenvalue weighted by Crippen LogP contribution is -2.42. The summed E-state index contributed by atoms with van der Waals surface area (Å²) in [6, 6.07) is 11.8. The predicted octanol–water partition coefficient (Wildman–Crippen LogP) is 2.40. The molecule has 0 N–H and O–H groups in total. The molecule has 1 saturated heterocycles. The number of carbonyl (C=O) groups is 1. The van der Waals surface area contributed by atoms with Crippen LogP contribution in [0.5, 0.6) is 5.75 Å². The van der Waals surface area contributed by atoms with Gasteiger partial charge in [-0.15, -0.1) is 15.3 Å². The van der Waals surface area contributed by atoms with Crippen molar-refractivity contribution in [2.24, 2.45) is 5.92 Å². The number of nitrogens with zero attached hydrogens (tertiary/aromatic N) is 6. The fourth-order valence-electron chi connectivity index (χ4n) is 3.80. The molecule has 0 unspecified atom stereocenters. The third-order valence-corrected chi connectivity index (χ3v) is 5.54. The molecular weight excluding hydrogens is 368 g/mol. The van der Waals surface area contributed by atoms with E-state index >= 15 is 0 Å². The van der Waals surface area contributed by atoms with E-state index in [0.29, 0.717) is 13.1 Å². The van der Waals surface area contributed by atoms with Gasteiger partial charge in [0.1, 0.15) is 17.9 Å². The van der Waals surface area contributed by atoms with Gasteiger partial charge in [0.15, 0.2) is 5.65 Å². The van der Waals surface area contributed by atoms with Crippen LogP contribution in [-0.4, -0.2) is 57.4 Å². The normalized spacial score (nSPS) is 14.9. The minimum Gasteiger partial charge on any atom is -0.497 e. The Morgan fingerprint density at radius 1 is 1.17 bits per heavy atom. The van der Waals surface area contributed by atoms with Crippen molar-refractivity contribution in [3.8, 4) is 5.75 Å². The van der Waals surface area contributed by atoms with E-state index in [4.69, 9.17) is 4.74 Å². The summed E-state index contributed by atoms with van der Waals surface area (Å²) in [6.45, 7) is 5.01. The van der Waals surface area contributed by atoms with Crippen LogP contribution in [0.1, 0.15) is 25.3 Å². The molecular formula is C21H26N6O2. The molecule has 0 bridgehead atoms. The summed E-state index contributed by atoms with van der Waals surface area (Å²) in [4.78, 5) is 17.3. The summed E-state index contributed by atoms with van der Waals surface area (Å²) < 4.78 is 6.89. The van der Waals surface area contributed by atoms with Crippen LogP contribution in [0.15, 0.2) is 42.7 Å². The number of rotatable bonds is 6. The molecule has 1 aromatic carbocycles. The highest BCUT2D eigenvalue weighted by Crippen LogP contribution is 2.24. The summed E-state index contributed by atoms with van der Waals surface area (Å²) in [5.74, 6) is 2.02. The molecule has 1 aliphatic rings. The van der Waals surface area contributed by atoms with E-state index in [1.807, 2.05) is 48.2 Å². The second-order valence-electron chi connectivity index (χ2n) is 7.29. The fourth-order valence-corrected chi connectivity index (χ4v) is 3.80. The van der Waals surface area contributed by atoms with Crippen LogP contribution in [0.4, 0.5) is 5.82 Å². The van der Waals surface area contributed by atoms with Crippen molar-refractivity contribution in [1.29, 1.82) is 0 Å². The van der Waals surface area contributed by atoms with Crippen molar-refractivity contribution in [1.82, 2.24) is 24.7 Å². The Labute approximate surface area is 170 Å². The Hall–Kier alpha value is -3.16. The zero-order valence-electron chi connectivity index (χ0n) is 16.9. The van der Waals surface area contributed by atoms with E-state index in [9.17, 15) is 4.79 Å². The standard InChI is InChI=1S/C21H26N6O2/c1-3-25(14-16-4-6-18(29-2)7-5-16)21(28)17-10-12-26(13-11-17)20-9-8-19-23-22-15-27(19)24-20/h4-9,15,17H,3,10-14H2,1-2H3. The third-order valence-electron chi connectivity index (χ3n) is 5.54. The average molecular weight is 394 g/mol. The Kier molecular flexibility index (Phi) is 5.59. The lowest BCUT2D eigenvalue weighted by atomic mass is 9.95. The van der Waals surface area contributed by atoms with Crippen molar-refractivity contribution in [2.75, 3.05) is 31.6 Å². The van der Waals surface area contributed by atoms with Crippen LogP contribution in [0.25, 0.3) is 5.65 Å². The first kappa shape index (κ1) is 19.2. The quantitative estimate of drug-likeness (QED) is 0.639. The van der Waals surface area contributed by atoms with E-state index < -0.39 is 0 Å². The van der Waals surface area contributed by atoms with Crippen molar-refractivity contribution in [2.45, 2.75) is 26.3 Å². The van der Waals surface area contributed by atoms with Gasteiger partial charge in [0.25, 0.3) is 0 Å². The molecule has 2 aromatic heterocycles. The van der Waals surface area contributed by atoms with Crippen molar-refractivity contribution in [3.05, 3.63) is 48.3 Å². The predicted molar refractivity (Wildman–Crippen MR) is 110 cm³/mol. The molecule has 3 heterocycles. The number of hydrogen-bond donors (Lipinski definition) is 0. The molecule has 1 amide bonds. The van der Waals surface area contributed by atoms with Gasteiger partial charge < -0.3 is 14.5 Å². The van der Waals surface area contributed by atoms with Crippen LogP contribution in [0, 0.1) is 5.92 Å².